The molecule has 3 atom stereocenters. The highest BCUT2D eigenvalue weighted by Gasteiger charge is 2.31. The van der Waals surface area contributed by atoms with Crippen LogP contribution >= 0.6 is 12.4 Å². The lowest BCUT2D eigenvalue weighted by atomic mass is 9.86. The molecule has 0 spiro atoms. The number of aryl methyl sites for hydroxylation is 1. The summed E-state index contributed by atoms with van der Waals surface area (Å²) in [5.74, 6) is 0.202. The summed E-state index contributed by atoms with van der Waals surface area (Å²) in [6.07, 6.45) is 5.65. The van der Waals surface area contributed by atoms with Crippen molar-refractivity contribution in [3.8, 4) is 0 Å². The summed E-state index contributed by atoms with van der Waals surface area (Å²) in [6.45, 7) is 5.33. The number of piperidine rings is 1. The van der Waals surface area contributed by atoms with Gasteiger partial charge >= 0.3 is 0 Å². The minimum Gasteiger partial charge on any atom is -0.399 e. The van der Waals surface area contributed by atoms with Gasteiger partial charge in [0, 0.05) is 24.7 Å². The van der Waals surface area contributed by atoms with Crippen molar-refractivity contribution in [2.24, 2.45) is 11.8 Å². The summed E-state index contributed by atoms with van der Waals surface area (Å²) in [4.78, 5) is 27.2. The van der Waals surface area contributed by atoms with E-state index in [-0.39, 0.29) is 42.1 Å². The number of nitrogens with zero attached hydrogens (tertiary/aromatic N) is 1. The Balaban J connectivity index is 0.00000261. The second-order valence-corrected chi connectivity index (χ2v) is 7.84. The fourth-order valence-corrected chi connectivity index (χ4v) is 4.15. The number of anilines is 1. The van der Waals surface area contributed by atoms with E-state index in [0.29, 0.717) is 6.54 Å². The molecule has 1 aliphatic carbocycles. The first kappa shape index (κ1) is 21.5. The third-order valence-corrected chi connectivity index (χ3v) is 5.94. The van der Waals surface area contributed by atoms with Crippen molar-refractivity contribution >= 4 is 29.9 Å². The molecule has 1 fully saturated rings. The van der Waals surface area contributed by atoms with Gasteiger partial charge in [0.1, 0.15) is 0 Å². The predicted molar refractivity (Wildman–Crippen MR) is 111 cm³/mol. The van der Waals surface area contributed by atoms with Crippen molar-refractivity contribution in [1.82, 2.24) is 10.2 Å². The lowest BCUT2D eigenvalue weighted by Gasteiger charge is -2.35. The Kier molecular flexibility index (Phi) is 7.54. The molecule has 1 saturated heterocycles. The van der Waals surface area contributed by atoms with Crippen molar-refractivity contribution in [3.05, 3.63) is 29.3 Å². The number of fused-ring (bicyclic) bond motifs is 1. The first-order chi connectivity index (χ1) is 12.5. The highest BCUT2D eigenvalue weighted by atomic mass is 35.5. The highest BCUT2D eigenvalue weighted by Crippen LogP contribution is 2.31. The van der Waals surface area contributed by atoms with Crippen molar-refractivity contribution in [2.75, 3.05) is 18.8 Å². The van der Waals surface area contributed by atoms with Gasteiger partial charge in [0.15, 0.2) is 0 Å². The van der Waals surface area contributed by atoms with Gasteiger partial charge in [-0.25, -0.2) is 0 Å². The Labute approximate surface area is 168 Å². The van der Waals surface area contributed by atoms with E-state index in [1.807, 2.05) is 30.9 Å². The maximum Gasteiger partial charge on any atom is 0.225 e. The van der Waals surface area contributed by atoms with Gasteiger partial charge in [0.05, 0.1) is 12.0 Å². The van der Waals surface area contributed by atoms with Gasteiger partial charge < -0.3 is 16.0 Å². The largest absolute Gasteiger partial charge is 0.399 e. The molecule has 2 amide bonds. The highest BCUT2D eigenvalue weighted by molar-refractivity contribution is 5.85. The molecule has 3 unspecified atom stereocenters. The average molecular weight is 394 g/mol. The number of likely N-dealkylation sites (tertiary alicyclic amines) is 1. The van der Waals surface area contributed by atoms with Crippen LogP contribution in [0.3, 0.4) is 0 Å². The second-order valence-electron chi connectivity index (χ2n) is 7.84. The van der Waals surface area contributed by atoms with Gasteiger partial charge in [-0.1, -0.05) is 19.9 Å². The van der Waals surface area contributed by atoms with Crippen molar-refractivity contribution in [3.63, 3.8) is 0 Å². The average Bonchev–Trinajstić information content (AvgIpc) is 2.66. The number of benzene rings is 1. The monoisotopic (exact) mass is 393 g/mol. The van der Waals surface area contributed by atoms with E-state index in [2.05, 4.69) is 11.4 Å². The number of nitrogens with two attached hydrogens (primary N) is 1. The summed E-state index contributed by atoms with van der Waals surface area (Å²) in [7, 11) is 0. The Morgan fingerprint density at radius 1 is 1.30 bits per heavy atom. The molecule has 0 aromatic heterocycles. The van der Waals surface area contributed by atoms with Crippen LogP contribution in [0.1, 0.15) is 63.1 Å². The fraction of sp³-hybridized carbons (Fsp3) is 0.619. The number of halogens is 1. The third-order valence-electron chi connectivity index (χ3n) is 5.94. The molecule has 3 rings (SSSR count). The zero-order valence-electron chi connectivity index (χ0n) is 16.4. The Morgan fingerprint density at radius 2 is 2.07 bits per heavy atom. The predicted octanol–water partition coefficient (Wildman–Crippen LogP) is 3.47. The molecule has 6 heteroatoms. The van der Waals surface area contributed by atoms with E-state index in [1.165, 1.54) is 11.1 Å². The molecule has 0 saturated carbocycles. The fourth-order valence-electron chi connectivity index (χ4n) is 4.15. The zero-order valence-corrected chi connectivity index (χ0v) is 17.2. The Bertz CT molecular complexity index is 679. The van der Waals surface area contributed by atoms with E-state index in [4.69, 9.17) is 5.73 Å². The lowest BCUT2D eigenvalue weighted by Crippen LogP contribution is -2.47. The molecular formula is C21H32ClN3O2. The minimum absolute atomic E-state index is 0. The quantitative estimate of drug-likeness (QED) is 0.769. The smallest absolute Gasteiger partial charge is 0.225 e. The number of hydrogen-bond donors (Lipinski definition) is 2. The van der Waals surface area contributed by atoms with E-state index in [9.17, 15) is 9.59 Å². The molecule has 0 radical (unpaired) electrons. The summed E-state index contributed by atoms with van der Waals surface area (Å²) in [5, 5.41) is 3.25. The molecule has 1 aromatic carbocycles. The van der Waals surface area contributed by atoms with Crippen LogP contribution in [0.25, 0.3) is 0 Å². The molecule has 150 valence electrons. The van der Waals surface area contributed by atoms with Gasteiger partial charge in [-0.3, -0.25) is 9.59 Å². The van der Waals surface area contributed by atoms with Crippen molar-refractivity contribution in [2.45, 2.75) is 58.4 Å². The number of carbonyl (C=O) groups excluding carboxylic acids is 2. The maximum absolute atomic E-state index is 12.9. The summed E-state index contributed by atoms with van der Waals surface area (Å²) >= 11 is 0. The van der Waals surface area contributed by atoms with Crippen molar-refractivity contribution in [1.29, 1.82) is 0 Å². The van der Waals surface area contributed by atoms with Crippen LogP contribution in [0, 0.1) is 11.8 Å². The van der Waals surface area contributed by atoms with E-state index in [0.717, 1.165) is 50.8 Å². The van der Waals surface area contributed by atoms with Crippen LogP contribution in [0.2, 0.25) is 0 Å². The van der Waals surface area contributed by atoms with Crippen LogP contribution in [-0.2, 0) is 16.0 Å². The van der Waals surface area contributed by atoms with E-state index in [1.54, 1.807) is 0 Å². The molecule has 3 N–H and O–H groups in total. The Hall–Kier alpha value is -1.75. The van der Waals surface area contributed by atoms with Gasteiger partial charge in [0.25, 0.3) is 0 Å². The molecule has 5 nitrogen and oxygen atoms in total. The summed E-state index contributed by atoms with van der Waals surface area (Å²) in [5.41, 5.74) is 9.13. The number of carbonyl (C=O) groups is 2. The second kappa shape index (κ2) is 9.45. The van der Waals surface area contributed by atoms with Gasteiger partial charge in [-0.2, -0.15) is 0 Å². The van der Waals surface area contributed by atoms with Gasteiger partial charge in [0.2, 0.25) is 11.8 Å². The SMILES string of the molecule is CCC(C)C(=O)N1CCCC(C(=O)NC2CCCc3cc(N)ccc32)C1.Cl. The van der Waals surface area contributed by atoms with E-state index >= 15 is 0 Å². The van der Waals surface area contributed by atoms with Crippen LogP contribution in [0.5, 0.6) is 0 Å². The summed E-state index contributed by atoms with van der Waals surface area (Å²) < 4.78 is 0. The first-order valence-electron chi connectivity index (χ1n) is 9.97. The first-order valence-corrected chi connectivity index (χ1v) is 9.97. The maximum atomic E-state index is 12.9. The molecule has 1 aromatic rings. The third kappa shape index (κ3) is 4.95. The van der Waals surface area contributed by atoms with Crippen LogP contribution in [0.15, 0.2) is 18.2 Å². The molecular weight excluding hydrogens is 362 g/mol. The number of nitrogens with one attached hydrogen (secondary N) is 1. The molecule has 0 bridgehead atoms. The Morgan fingerprint density at radius 3 is 2.81 bits per heavy atom. The van der Waals surface area contributed by atoms with Crippen molar-refractivity contribution < 1.29 is 9.59 Å². The topological polar surface area (TPSA) is 75.4 Å². The normalized spacial score (nSPS) is 23.0. The number of rotatable bonds is 4. The molecule has 1 heterocycles. The summed E-state index contributed by atoms with van der Waals surface area (Å²) in [6, 6.07) is 6.05. The van der Waals surface area contributed by atoms with Crippen LogP contribution < -0.4 is 11.1 Å². The van der Waals surface area contributed by atoms with E-state index < -0.39 is 0 Å². The number of amides is 2. The molecule has 2 aliphatic rings. The minimum atomic E-state index is -0.101. The van der Waals surface area contributed by atoms with Crippen LogP contribution in [0.4, 0.5) is 5.69 Å². The number of hydrogen-bond acceptors (Lipinski definition) is 3. The van der Waals surface area contributed by atoms with Gasteiger partial charge in [-0.15, -0.1) is 12.4 Å². The lowest BCUT2D eigenvalue weighted by molar-refractivity contribution is -0.139. The standard InChI is InChI=1S/C21H31N3O2.ClH/c1-3-14(2)21(26)24-11-5-7-16(13-24)20(25)23-19-8-4-6-15-12-17(22)9-10-18(15)19;/h9-10,12,14,16,19H,3-8,11,13,22H2,1-2H3,(H,23,25);1H. The zero-order chi connectivity index (χ0) is 18.7. The molecule has 27 heavy (non-hydrogen) atoms. The molecule has 1 aliphatic heterocycles. The number of nitrogen functional groups attached to an aromatic ring is 1. The van der Waals surface area contributed by atoms with Gasteiger partial charge in [-0.05, 0) is 61.8 Å². The van der Waals surface area contributed by atoms with Crippen LogP contribution in [-0.4, -0.2) is 29.8 Å².